The molecule has 0 saturated carbocycles. The predicted octanol–water partition coefficient (Wildman–Crippen LogP) is 3.32. The first-order valence-corrected chi connectivity index (χ1v) is 6.32. The summed E-state index contributed by atoms with van der Waals surface area (Å²) in [4.78, 5) is 10.8. The maximum absolute atomic E-state index is 10.8. The second kappa shape index (κ2) is 6.30. The van der Waals surface area contributed by atoms with Gasteiger partial charge in [-0.2, -0.15) is 0 Å². The van der Waals surface area contributed by atoms with Gasteiger partial charge in [0, 0.05) is 16.1 Å². The van der Waals surface area contributed by atoms with E-state index < -0.39 is 0 Å². The first kappa shape index (κ1) is 14.2. The molecule has 0 fully saturated rings. The molecule has 0 bridgehead atoms. The smallest absolute Gasteiger partial charge is 0.184 e. The van der Waals surface area contributed by atoms with Gasteiger partial charge in [0.2, 0.25) is 0 Å². The van der Waals surface area contributed by atoms with Gasteiger partial charge in [-0.25, -0.2) is 0 Å². The highest BCUT2D eigenvalue weighted by molar-refractivity contribution is 6.31. The van der Waals surface area contributed by atoms with E-state index in [4.69, 9.17) is 26.8 Å². The van der Waals surface area contributed by atoms with Crippen molar-refractivity contribution in [3.05, 3.63) is 52.5 Å². The molecule has 0 aromatic heterocycles. The Morgan fingerprint density at radius 1 is 1.30 bits per heavy atom. The molecule has 0 aliphatic rings. The lowest BCUT2D eigenvalue weighted by Gasteiger charge is -2.14. The van der Waals surface area contributed by atoms with Crippen molar-refractivity contribution >= 4 is 23.6 Å². The van der Waals surface area contributed by atoms with Gasteiger partial charge in [0.25, 0.3) is 0 Å². The third-order valence-corrected chi connectivity index (χ3v) is 3.16. The highest BCUT2D eigenvalue weighted by Crippen LogP contribution is 2.35. The summed E-state index contributed by atoms with van der Waals surface area (Å²) in [5.41, 5.74) is 7.50. The number of methoxy groups -OCH3 is 1. The number of nitrogen functional groups attached to an aromatic ring is 1. The van der Waals surface area contributed by atoms with Crippen LogP contribution in [0.15, 0.2) is 36.4 Å². The first-order chi connectivity index (χ1) is 9.65. The molecular formula is C15H14ClNO3. The van der Waals surface area contributed by atoms with Gasteiger partial charge in [0.15, 0.2) is 11.5 Å². The summed E-state index contributed by atoms with van der Waals surface area (Å²) in [5, 5.41) is 0.620. The van der Waals surface area contributed by atoms with Crippen LogP contribution in [0, 0.1) is 0 Å². The van der Waals surface area contributed by atoms with Crippen LogP contribution in [0.25, 0.3) is 0 Å². The van der Waals surface area contributed by atoms with Crippen LogP contribution in [0.3, 0.4) is 0 Å². The number of ether oxygens (including phenoxy) is 2. The Bertz CT molecular complexity index is 629. The van der Waals surface area contributed by atoms with Gasteiger partial charge in [-0.1, -0.05) is 29.8 Å². The first-order valence-electron chi connectivity index (χ1n) is 5.94. The minimum atomic E-state index is 0.265. The van der Waals surface area contributed by atoms with Gasteiger partial charge in [-0.05, 0) is 18.2 Å². The topological polar surface area (TPSA) is 61.5 Å². The Morgan fingerprint density at radius 2 is 2.05 bits per heavy atom. The number of carbonyl (C=O) groups is 1. The van der Waals surface area contributed by atoms with Gasteiger partial charge in [-0.15, -0.1) is 0 Å². The average molecular weight is 292 g/mol. The summed E-state index contributed by atoms with van der Waals surface area (Å²) in [7, 11) is 1.49. The van der Waals surface area contributed by atoms with E-state index in [9.17, 15) is 4.79 Å². The molecule has 5 heteroatoms. The van der Waals surface area contributed by atoms with Crippen LogP contribution in [-0.2, 0) is 6.61 Å². The number of rotatable bonds is 5. The van der Waals surface area contributed by atoms with E-state index in [-0.39, 0.29) is 6.61 Å². The predicted molar refractivity (Wildman–Crippen MR) is 78.6 cm³/mol. The van der Waals surface area contributed by atoms with Crippen LogP contribution < -0.4 is 15.2 Å². The molecule has 0 aliphatic carbocycles. The molecule has 4 nitrogen and oxygen atoms in total. The highest BCUT2D eigenvalue weighted by Gasteiger charge is 2.12. The van der Waals surface area contributed by atoms with E-state index in [1.54, 1.807) is 12.1 Å². The molecule has 2 aromatic carbocycles. The molecule has 2 N–H and O–H groups in total. The van der Waals surface area contributed by atoms with E-state index in [0.29, 0.717) is 34.1 Å². The van der Waals surface area contributed by atoms with E-state index in [1.807, 2.05) is 18.2 Å². The zero-order chi connectivity index (χ0) is 14.5. The maximum Gasteiger partial charge on any atom is 0.184 e. The summed E-state index contributed by atoms with van der Waals surface area (Å²) < 4.78 is 10.9. The van der Waals surface area contributed by atoms with Gasteiger partial charge in [0.1, 0.15) is 12.9 Å². The Kier molecular flexibility index (Phi) is 4.48. The third kappa shape index (κ3) is 3.03. The molecule has 2 aromatic rings. The van der Waals surface area contributed by atoms with Crippen molar-refractivity contribution < 1.29 is 14.3 Å². The number of anilines is 1. The zero-order valence-corrected chi connectivity index (χ0v) is 11.7. The summed E-state index contributed by atoms with van der Waals surface area (Å²) in [6.07, 6.45) is 0.705. The van der Waals surface area contributed by atoms with Crippen LogP contribution in [0.1, 0.15) is 15.9 Å². The number of halogens is 1. The molecule has 0 heterocycles. The molecule has 104 valence electrons. The molecule has 0 atom stereocenters. The largest absolute Gasteiger partial charge is 0.493 e. The van der Waals surface area contributed by atoms with Crippen molar-refractivity contribution in [2.24, 2.45) is 0 Å². The number of aldehydes is 1. The number of carbonyl (C=O) groups excluding carboxylic acids is 1. The van der Waals surface area contributed by atoms with Crippen LogP contribution >= 0.6 is 11.6 Å². The third-order valence-electron chi connectivity index (χ3n) is 2.79. The fourth-order valence-electron chi connectivity index (χ4n) is 1.79. The van der Waals surface area contributed by atoms with Crippen LogP contribution in [0.5, 0.6) is 11.5 Å². The number of hydrogen-bond acceptors (Lipinski definition) is 4. The number of hydrogen-bond donors (Lipinski definition) is 1. The SMILES string of the molecule is COc1cc(C=O)cc(N)c1OCc1ccccc1Cl. The van der Waals surface area contributed by atoms with Gasteiger partial charge >= 0.3 is 0 Å². The van der Waals surface area contributed by atoms with Crippen molar-refractivity contribution in [1.82, 2.24) is 0 Å². The summed E-state index contributed by atoms with van der Waals surface area (Å²) in [6.45, 7) is 0.265. The quantitative estimate of drug-likeness (QED) is 0.678. The van der Waals surface area contributed by atoms with Gasteiger partial charge < -0.3 is 15.2 Å². The normalized spacial score (nSPS) is 10.1. The lowest BCUT2D eigenvalue weighted by molar-refractivity contribution is 0.112. The second-order valence-electron chi connectivity index (χ2n) is 4.14. The molecule has 0 unspecified atom stereocenters. The minimum Gasteiger partial charge on any atom is -0.493 e. The molecule has 20 heavy (non-hydrogen) atoms. The fraction of sp³-hybridized carbons (Fsp3) is 0.133. The Labute approximate surface area is 122 Å². The highest BCUT2D eigenvalue weighted by atomic mass is 35.5. The molecule has 0 amide bonds. The van der Waals surface area contributed by atoms with Crippen molar-refractivity contribution in [3.63, 3.8) is 0 Å². The molecule has 0 aliphatic heterocycles. The average Bonchev–Trinajstić information content (AvgIpc) is 2.46. The van der Waals surface area contributed by atoms with Crippen molar-refractivity contribution in [3.8, 4) is 11.5 Å². The standard InChI is InChI=1S/C15H14ClNO3/c1-19-14-7-10(8-18)6-13(17)15(14)20-9-11-4-2-3-5-12(11)16/h2-8H,9,17H2,1H3. The summed E-state index contributed by atoms with van der Waals surface area (Å²) >= 11 is 6.06. The molecule has 0 saturated heterocycles. The van der Waals surface area contributed by atoms with Crippen LogP contribution in [0.4, 0.5) is 5.69 Å². The van der Waals surface area contributed by atoms with E-state index in [0.717, 1.165) is 5.56 Å². The lowest BCUT2D eigenvalue weighted by atomic mass is 10.2. The molecule has 0 spiro atoms. The lowest BCUT2D eigenvalue weighted by Crippen LogP contribution is -2.02. The molecular weight excluding hydrogens is 278 g/mol. The van der Waals surface area contributed by atoms with E-state index >= 15 is 0 Å². The maximum atomic E-state index is 10.8. The molecule has 2 rings (SSSR count). The Balaban J connectivity index is 2.25. The zero-order valence-electron chi connectivity index (χ0n) is 10.9. The number of nitrogens with two attached hydrogens (primary N) is 1. The Hall–Kier alpha value is -2.20. The van der Waals surface area contributed by atoms with Crippen molar-refractivity contribution in [2.75, 3.05) is 12.8 Å². The van der Waals surface area contributed by atoms with Crippen molar-refractivity contribution in [1.29, 1.82) is 0 Å². The second-order valence-corrected chi connectivity index (χ2v) is 4.55. The fourth-order valence-corrected chi connectivity index (χ4v) is 1.98. The van der Waals surface area contributed by atoms with Crippen LogP contribution in [0.2, 0.25) is 5.02 Å². The monoisotopic (exact) mass is 291 g/mol. The summed E-state index contributed by atoms with van der Waals surface area (Å²) in [5.74, 6) is 0.817. The number of benzene rings is 2. The van der Waals surface area contributed by atoms with E-state index in [1.165, 1.54) is 13.2 Å². The Morgan fingerprint density at radius 3 is 2.70 bits per heavy atom. The molecule has 0 radical (unpaired) electrons. The summed E-state index contributed by atoms with van der Waals surface area (Å²) in [6, 6.07) is 10.5. The minimum absolute atomic E-state index is 0.265. The van der Waals surface area contributed by atoms with Gasteiger partial charge in [0.05, 0.1) is 12.8 Å². The van der Waals surface area contributed by atoms with Crippen LogP contribution in [-0.4, -0.2) is 13.4 Å². The van der Waals surface area contributed by atoms with E-state index in [2.05, 4.69) is 0 Å². The van der Waals surface area contributed by atoms with Crippen molar-refractivity contribution in [2.45, 2.75) is 6.61 Å². The van der Waals surface area contributed by atoms with Gasteiger partial charge in [-0.3, -0.25) is 4.79 Å².